The van der Waals surface area contributed by atoms with E-state index in [2.05, 4.69) is 24.4 Å². The lowest BCUT2D eigenvalue weighted by Crippen LogP contribution is -2.36. The van der Waals surface area contributed by atoms with Crippen molar-refractivity contribution in [2.45, 2.75) is 32.5 Å². The molecule has 0 spiro atoms. The number of thioether (sulfide) groups is 1. The van der Waals surface area contributed by atoms with E-state index in [1.54, 1.807) is 11.8 Å². The molecule has 1 atom stereocenters. The second kappa shape index (κ2) is 10.1. The molecule has 0 fully saturated rings. The van der Waals surface area contributed by atoms with Crippen molar-refractivity contribution in [2.24, 2.45) is 0 Å². The van der Waals surface area contributed by atoms with Crippen LogP contribution in [0.3, 0.4) is 0 Å². The lowest BCUT2D eigenvalue weighted by molar-refractivity contribution is -0.139. The highest BCUT2D eigenvalue weighted by Gasteiger charge is 2.15. The van der Waals surface area contributed by atoms with E-state index in [1.807, 2.05) is 42.7 Å². The standard InChI is InChI=1S/C20H25NO3S/c1-15-4-3-5-17(12-15)14-24-18-8-6-16(7-9-18)13-21-19(20(22)23)10-11-25-2/h3-9,12,19,21H,10-11,13-14H2,1-2H3,(H,22,23). The highest BCUT2D eigenvalue weighted by Crippen LogP contribution is 2.15. The predicted octanol–water partition coefficient (Wildman–Crippen LogP) is 3.87. The first kappa shape index (κ1) is 19.3. The molecule has 134 valence electrons. The van der Waals surface area contributed by atoms with E-state index in [-0.39, 0.29) is 0 Å². The molecule has 2 rings (SSSR count). The number of carboxylic acids is 1. The molecular formula is C20H25NO3S. The lowest BCUT2D eigenvalue weighted by Gasteiger charge is -2.14. The van der Waals surface area contributed by atoms with Gasteiger partial charge in [0.15, 0.2) is 0 Å². The van der Waals surface area contributed by atoms with Crippen molar-refractivity contribution < 1.29 is 14.6 Å². The molecule has 0 saturated carbocycles. The quantitative estimate of drug-likeness (QED) is 0.674. The summed E-state index contributed by atoms with van der Waals surface area (Å²) in [4.78, 5) is 11.2. The number of carboxylic acid groups (broad SMARTS) is 1. The summed E-state index contributed by atoms with van der Waals surface area (Å²) in [5.41, 5.74) is 3.40. The largest absolute Gasteiger partial charge is 0.489 e. The molecule has 2 aromatic rings. The van der Waals surface area contributed by atoms with Crippen LogP contribution in [0.2, 0.25) is 0 Å². The summed E-state index contributed by atoms with van der Waals surface area (Å²) in [5.74, 6) is 0.838. The lowest BCUT2D eigenvalue weighted by atomic mass is 10.1. The van der Waals surface area contributed by atoms with E-state index in [0.717, 1.165) is 22.6 Å². The van der Waals surface area contributed by atoms with Crippen molar-refractivity contribution in [1.29, 1.82) is 0 Å². The van der Waals surface area contributed by atoms with Crippen molar-refractivity contribution in [3.63, 3.8) is 0 Å². The Bertz CT molecular complexity index is 673. The minimum absolute atomic E-state index is 0.510. The molecular weight excluding hydrogens is 334 g/mol. The molecule has 0 bridgehead atoms. The first-order chi connectivity index (χ1) is 12.1. The third kappa shape index (κ3) is 6.80. The molecule has 0 radical (unpaired) electrons. The first-order valence-corrected chi connectivity index (χ1v) is 9.70. The van der Waals surface area contributed by atoms with Gasteiger partial charge in [-0.25, -0.2) is 0 Å². The van der Waals surface area contributed by atoms with Gasteiger partial charge in [-0.05, 0) is 48.6 Å². The van der Waals surface area contributed by atoms with Crippen molar-refractivity contribution >= 4 is 17.7 Å². The number of carbonyl (C=O) groups is 1. The zero-order valence-electron chi connectivity index (χ0n) is 14.7. The third-order valence-corrected chi connectivity index (χ3v) is 4.52. The Labute approximate surface area is 153 Å². The van der Waals surface area contributed by atoms with Gasteiger partial charge in [-0.1, -0.05) is 42.0 Å². The van der Waals surface area contributed by atoms with Gasteiger partial charge in [0.05, 0.1) is 0 Å². The topological polar surface area (TPSA) is 58.6 Å². The van der Waals surface area contributed by atoms with Crippen LogP contribution in [-0.2, 0) is 17.9 Å². The van der Waals surface area contributed by atoms with E-state index >= 15 is 0 Å². The van der Waals surface area contributed by atoms with Gasteiger partial charge >= 0.3 is 5.97 Å². The molecule has 0 amide bonds. The number of rotatable bonds is 10. The Balaban J connectivity index is 1.83. The molecule has 0 aliphatic rings. The van der Waals surface area contributed by atoms with Crippen LogP contribution in [0.5, 0.6) is 5.75 Å². The number of ether oxygens (including phenoxy) is 1. The number of hydrogen-bond donors (Lipinski definition) is 2. The van der Waals surface area contributed by atoms with Crippen LogP contribution in [-0.4, -0.2) is 29.1 Å². The minimum Gasteiger partial charge on any atom is -0.489 e. The van der Waals surface area contributed by atoms with Crippen LogP contribution in [0.1, 0.15) is 23.1 Å². The third-order valence-electron chi connectivity index (χ3n) is 3.87. The van der Waals surface area contributed by atoms with Crippen molar-refractivity contribution in [3.05, 3.63) is 65.2 Å². The van der Waals surface area contributed by atoms with Gasteiger partial charge in [-0.15, -0.1) is 0 Å². The molecule has 0 aliphatic heterocycles. The van der Waals surface area contributed by atoms with Crippen molar-refractivity contribution in [1.82, 2.24) is 5.32 Å². The second-order valence-electron chi connectivity index (χ2n) is 5.97. The Morgan fingerprint density at radius 1 is 1.20 bits per heavy atom. The molecule has 2 aromatic carbocycles. The number of benzene rings is 2. The van der Waals surface area contributed by atoms with Crippen LogP contribution < -0.4 is 10.1 Å². The smallest absolute Gasteiger partial charge is 0.320 e. The van der Waals surface area contributed by atoms with Gasteiger partial charge in [0.2, 0.25) is 0 Å². The molecule has 5 heteroatoms. The Hall–Kier alpha value is -1.98. The molecule has 0 heterocycles. The summed E-state index contributed by atoms with van der Waals surface area (Å²) in [6, 6.07) is 15.5. The normalized spacial score (nSPS) is 11.9. The number of aryl methyl sites for hydroxylation is 1. The Morgan fingerprint density at radius 2 is 1.96 bits per heavy atom. The number of aliphatic carboxylic acids is 1. The first-order valence-electron chi connectivity index (χ1n) is 8.31. The Kier molecular flexibility index (Phi) is 7.82. The van der Waals surface area contributed by atoms with Crippen molar-refractivity contribution in [3.8, 4) is 5.75 Å². The summed E-state index contributed by atoms with van der Waals surface area (Å²) in [6.07, 6.45) is 2.60. The average Bonchev–Trinajstić information content (AvgIpc) is 2.61. The molecule has 0 aliphatic carbocycles. The van der Waals surface area contributed by atoms with E-state index in [4.69, 9.17) is 4.74 Å². The molecule has 0 aromatic heterocycles. The molecule has 0 saturated heterocycles. The van der Waals surface area contributed by atoms with Gasteiger partial charge in [0, 0.05) is 6.54 Å². The van der Waals surface area contributed by atoms with E-state index < -0.39 is 12.0 Å². The number of nitrogens with one attached hydrogen (secondary N) is 1. The van der Waals surface area contributed by atoms with Crippen LogP contribution in [0.4, 0.5) is 0 Å². The maximum Gasteiger partial charge on any atom is 0.320 e. The molecule has 4 nitrogen and oxygen atoms in total. The van der Waals surface area contributed by atoms with Crippen molar-refractivity contribution in [2.75, 3.05) is 12.0 Å². The van der Waals surface area contributed by atoms with Gasteiger partial charge < -0.3 is 15.2 Å². The monoisotopic (exact) mass is 359 g/mol. The number of hydrogen-bond acceptors (Lipinski definition) is 4. The summed E-state index contributed by atoms with van der Waals surface area (Å²) in [7, 11) is 0. The molecule has 25 heavy (non-hydrogen) atoms. The zero-order valence-corrected chi connectivity index (χ0v) is 15.5. The van der Waals surface area contributed by atoms with E-state index in [9.17, 15) is 9.90 Å². The zero-order chi connectivity index (χ0) is 18.1. The molecule has 1 unspecified atom stereocenters. The second-order valence-corrected chi connectivity index (χ2v) is 6.96. The van der Waals surface area contributed by atoms with Crippen LogP contribution >= 0.6 is 11.8 Å². The SMILES string of the molecule is CSCCC(NCc1ccc(OCc2cccc(C)c2)cc1)C(=O)O. The fourth-order valence-electron chi connectivity index (χ4n) is 2.46. The highest BCUT2D eigenvalue weighted by molar-refractivity contribution is 7.98. The summed E-state index contributed by atoms with van der Waals surface area (Å²) in [5, 5.41) is 12.3. The Morgan fingerprint density at radius 3 is 2.60 bits per heavy atom. The minimum atomic E-state index is -0.799. The fourth-order valence-corrected chi connectivity index (χ4v) is 2.93. The van der Waals surface area contributed by atoms with Gasteiger partial charge in [-0.2, -0.15) is 11.8 Å². The van der Waals surface area contributed by atoms with Crippen LogP contribution in [0.25, 0.3) is 0 Å². The summed E-state index contributed by atoms with van der Waals surface area (Å²) in [6.45, 7) is 3.13. The van der Waals surface area contributed by atoms with Gasteiger partial charge in [0.25, 0.3) is 0 Å². The summed E-state index contributed by atoms with van der Waals surface area (Å²) >= 11 is 1.66. The van der Waals surface area contributed by atoms with E-state index in [1.165, 1.54) is 5.56 Å². The fraction of sp³-hybridized carbons (Fsp3) is 0.350. The van der Waals surface area contributed by atoms with Crippen LogP contribution in [0, 0.1) is 6.92 Å². The predicted molar refractivity (Wildman–Crippen MR) is 103 cm³/mol. The maximum absolute atomic E-state index is 11.2. The molecule has 2 N–H and O–H groups in total. The average molecular weight is 359 g/mol. The van der Waals surface area contributed by atoms with Crippen LogP contribution in [0.15, 0.2) is 48.5 Å². The van der Waals surface area contributed by atoms with E-state index in [0.29, 0.717) is 19.6 Å². The highest BCUT2D eigenvalue weighted by atomic mass is 32.2. The van der Waals surface area contributed by atoms with Gasteiger partial charge in [-0.3, -0.25) is 4.79 Å². The van der Waals surface area contributed by atoms with Gasteiger partial charge in [0.1, 0.15) is 18.4 Å². The maximum atomic E-state index is 11.2. The summed E-state index contributed by atoms with van der Waals surface area (Å²) < 4.78 is 5.80.